The first-order valence-corrected chi connectivity index (χ1v) is 57.3. The van der Waals surface area contributed by atoms with E-state index in [1.54, 1.807) is 107 Å². The molecule has 16 aliphatic heterocycles. The van der Waals surface area contributed by atoms with Crippen molar-refractivity contribution >= 4 is 164 Å². The van der Waals surface area contributed by atoms with Crippen molar-refractivity contribution < 1.29 is 100 Å². The third-order valence-electron chi connectivity index (χ3n) is 34.3. The molecule has 0 radical (unpaired) electrons. The lowest BCUT2D eigenvalue weighted by Crippen LogP contribution is -2.56. The number of imide groups is 6. The molecule has 29 nitrogen and oxygen atoms in total. The Morgan fingerprint density at radius 3 is 1.17 bits per heavy atom. The van der Waals surface area contributed by atoms with Crippen LogP contribution >= 0.6 is 47.0 Å². The van der Waals surface area contributed by atoms with E-state index in [0.717, 1.165) is 75.1 Å². The van der Waals surface area contributed by atoms with E-state index in [1.807, 2.05) is 169 Å². The minimum atomic E-state index is -1.74. The Morgan fingerprint density at radius 1 is 0.393 bits per heavy atom. The number of esters is 2. The fourth-order valence-corrected chi connectivity index (χ4v) is 30.5. The average Bonchev–Trinajstić information content (AvgIpc) is 1.49. The topological polar surface area (TPSA) is 330 Å². The van der Waals surface area contributed by atoms with Gasteiger partial charge in [-0.15, -0.1) is 0 Å². The van der Waals surface area contributed by atoms with Gasteiger partial charge in [0.05, 0.1) is 170 Å². The van der Waals surface area contributed by atoms with E-state index >= 15 is 14.4 Å². The summed E-state index contributed by atoms with van der Waals surface area (Å²) in [5.41, 5.74) is 4.52. The Kier molecular flexibility index (Phi) is 26.8. The first-order valence-electron chi connectivity index (χ1n) is 52.2. The van der Waals surface area contributed by atoms with Crippen LogP contribution in [0.4, 0.5) is 34.1 Å². The summed E-state index contributed by atoms with van der Waals surface area (Å²) < 4.78 is 44.0. The largest absolute Gasteiger partial charge is 0.465 e. The monoisotopic (exact) mass is 2100 g/mol. The summed E-state index contributed by atoms with van der Waals surface area (Å²) in [6.45, 7) is 9.70. The van der Waals surface area contributed by atoms with Gasteiger partial charge in [0.25, 0.3) is 5.91 Å². The molecule has 16 aliphatic rings. The van der Waals surface area contributed by atoms with Crippen LogP contribution in [0.25, 0.3) is 0 Å². The number of ether oxygens (including phenoxy) is 7. The molecular weight excluding hydrogens is 1980 g/mol. The van der Waals surface area contributed by atoms with E-state index in [-0.39, 0.29) is 91.7 Å². The summed E-state index contributed by atoms with van der Waals surface area (Å²) in [5, 5.41) is 0. The van der Waals surface area contributed by atoms with Gasteiger partial charge in [-0.05, 0) is 175 Å². The molecule has 776 valence electrons. The normalized spacial score (nSPS) is 30.6. The lowest BCUT2D eigenvalue weighted by molar-refractivity contribution is -0.152. The van der Waals surface area contributed by atoms with Gasteiger partial charge in [-0.25, -0.2) is 29.4 Å². The fourth-order valence-electron chi connectivity index (χ4n) is 26.9. The fraction of sp³-hybridized carbons (Fsp3) is 0.436. The minimum absolute atomic E-state index is 0.119. The Bertz CT molecular complexity index is 6830. The molecule has 1 spiro atoms. The van der Waals surface area contributed by atoms with Gasteiger partial charge in [0, 0.05) is 64.3 Å². The Balaban J connectivity index is 0.359. The number of fused-ring (bicyclic) bond motifs is 25. The van der Waals surface area contributed by atoms with Crippen molar-refractivity contribution in [3.8, 4) is 0 Å². The summed E-state index contributed by atoms with van der Waals surface area (Å²) in [7, 11) is 0. The van der Waals surface area contributed by atoms with Crippen LogP contribution in [0.15, 0.2) is 236 Å². The van der Waals surface area contributed by atoms with Crippen molar-refractivity contribution in [2.24, 2.45) is 70.0 Å². The van der Waals surface area contributed by atoms with Gasteiger partial charge in [-0.3, -0.25) is 67.1 Å². The maximum absolute atomic E-state index is 15.6. The van der Waals surface area contributed by atoms with Crippen molar-refractivity contribution in [3.63, 3.8) is 0 Å². The standard InChI is InChI=1S/C117H118N8O21S4/c1-7-45-112(9-3,61-140-62-113(10-4,46-8-2)64-142-88(128)44-53-150-67-116-49-42-84(146-116)92-97(116)109(137)124(104(92)132)80-36-24-72(25-37-80)56-71-22-34-79(35-23-71)123-103(131)91-83-41-48-115(145-83,66-148-6)96(91)108(123)136)63-141-87(127)43-52-149-60-75-57-85-89-93(99(75)143-85)105(133)121(101(89)129)77-30-18-69(19-31-77)55-73-26-38-81(39-27-73)125-106(134)94-98(110(125)138)117(119-51-50-118(100(94)119)59-74-14-12-11-13-15-74)58-86(126)120(111(117)139)76-28-16-68(17-29-76)54-70-20-32-78(33-21-70)122-102(130)90-82-40-47-114(144-82,65-147-5)95(90)107(122)135/h11-42,47-51,57,82-85,89-100H,7-10,43-46,52-56,58-67H2,1-6H3. The maximum atomic E-state index is 15.6. The number of hydrogen-bond donors (Lipinski definition) is 0. The number of rotatable bonds is 42. The lowest BCUT2D eigenvalue weighted by atomic mass is 9.78. The number of nitrogens with zero attached hydrogens (tertiary/aromatic N) is 8. The summed E-state index contributed by atoms with van der Waals surface area (Å²) in [4.78, 5) is 212. The van der Waals surface area contributed by atoms with E-state index < -0.39 is 153 Å². The van der Waals surface area contributed by atoms with Gasteiger partial charge >= 0.3 is 11.9 Å². The SMILES string of the molecule is CCCC(CC)(COCC(CC)(CCC)COC(=O)CCSCC12C=CC(O1)C1C(=O)N(c3ccc(Cc4ccc(N5C(=O)C6C7C=CC(CSC)(O7)C6C5=O)cc4)cc3)C(=O)C12)COC(=O)CCSCC1=CC2OC1C1C(=O)N(c3ccc(Cc4ccc(N5C(=O)C6C7N(Cc8ccccc8)C=CN7C7(CC(=O)N(c8ccc(Cc9ccc(N%10C(=O)C%11C%12C=CC(CSC)(O%12)C%11C%10=O)cc9)cc8)C7=O)C6C5=O)cc4)cc3)C(=O)C21. The summed E-state index contributed by atoms with van der Waals surface area (Å²) in [6.07, 6.45) is 23.5. The van der Waals surface area contributed by atoms with Crippen LogP contribution in [0.5, 0.6) is 0 Å². The molecule has 150 heavy (non-hydrogen) atoms. The minimum Gasteiger partial charge on any atom is -0.465 e. The molecule has 12 amide bonds. The number of carbonyl (C=O) groups excluding carboxylic acids is 14. The van der Waals surface area contributed by atoms with Crippen LogP contribution in [-0.2, 0) is 126 Å². The van der Waals surface area contributed by atoms with Crippen LogP contribution in [0.2, 0.25) is 0 Å². The van der Waals surface area contributed by atoms with E-state index in [0.29, 0.717) is 121 Å². The zero-order valence-electron chi connectivity index (χ0n) is 84.2. The highest BCUT2D eigenvalue weighted by Crippen LogP contribution is 2.61. The molecule has 7 aromatic rings. The van der Waals surface area contributed by atoms with Gasteiger partial charge in [-0.2, -0.15) is 47.0 Å². The van der Waals surface area contributed by atoms with Crippen molar-refractivity contribution in [1.29, 1.82) is 0 Å². The molecule has 16 heterocycles. The highest BCUT2D eigenvalue weighted by Gasteiger charge is 2.78. The van der Waals surface area contributed by atoms with Crippen molar-refractivity contribution in [3.05, 3.63) is 275 Å². The highest BCUT2D eigenvalue weighted by atomic mass is 32.2. The Morgan fingerprint density at radius 2 is 0.767 bits per heavy atom. The molecule has 23 rings (SSSR count). The second-order valence-corrected chi connectivity index (χ2v) is 47.0. The second kappa shape index (κ2) is 39.8. The number of thioether (sulfide) groups is 4. The predicted molar refractivity (Wildman–Crippen MR) is 567 cm³/mol. The molecule has 8 bridgehead atoms. The van der Waals surface area contributed by atoms with E-state index in [4.69, 9.17) is 33.2 Å². The number of hydrogen-bond acceptors (Lipinski definition) is 27. The quantitative estimate of drug-likeness (QED) is 0.0148. The van der Waals surface area contributed by atoms with Crippen LogP contribution in [-0.4, -0.2) is 225 Å². The number of anilines is 6. The van der Waals surface area contributed by atoms with E-state index in [2.05, 4.69) is 27.7 Å². The van der Waals surface area contributed by atoms with Crippen LogP contribution in [0.1, 0.15) is 124 Å². The zero-order valence-corrected chi connectivity index (χ0v) is 87.5. The van der Waals surface area contributed by atoms with Crippen LogP contribution in [0, 0.1) is 70.0 Å². The number of carbonyl (C=O) groups is 14. The molecule has 33 heteroatoms. The van der Waals surface area contributed by atoms with Crippen LogP contribution < -0.4 is 29.4 Å². The van der Waals surface area contributed by atoms with Gasteiger partial charge in [0.15, 0.2) is 0 Å². The maximum Gasteiger partial charge on any atom is 0.306 e. The molecule has 11 fully saturated rings. The molecule has 11 saturated heterocycles. The van der Waals surface area contributed by atoms with Crippen molar-refractivity contribution in [1.82, 2.24) is 9.80 Å². The Hall–Kier alpha value is -12.2. The van der Waals surface area contributed by atoms with Gasteiger partial charge < -0.3 is 43.0 Å². The summed E-state index contributed by atoms with van der Waals surface area (Å²) >= 11 is 6.19. The lowest BCUT2D eigenvalue weighted by Gasteiger charge is -2.37. The molecular formula is C117H118N8O21S4. The van der Waals surface area contributed by atoms with Gasteiger partial charge in [-0.1, -0.05) is 186 Å². The van der Waals surface area contributed by atoms with Gasteiger partial charge in [0.1, 0.15) is 28.5 Å². The van der Waals surface area contributed by atoms with Crippen molar-refractivity contribution in [2.75, 3.05) is 103 Å². The van der Waals surface area contributed by atoms with Gasteiger partial charge in [0.2, 0.25) is 65.0 Å². The third kappa shape index (κ3) is 16.8. The first kappa shape index (κ1) is 101. The average molecular weight is 2100 g/mol. The molecule has 0 aromatic heterocycles. The van der Waals surface area contributed by atoms with E-state index in [1.165, 1.54) is 48.0 Å². The summed E-state index contributed by atoms with van der Waals surface area (Å²) in [5.74, 6) is -9.56. The highest BCUT2D eigenvalue weighted by molar-refractivity contribution is 7.99. The first-order chi connectivity index (χ1) is 72.7. The van der Waals surface area contributed by atoms with E-state index in [9.17, 15) is 52.7 Å². The zero-order chi connectivity index (χ0) is 104. The molecule has 0 saturated carbocycles. The molecule has 0 N–H and O–H groups in total. The second-order valence-electron chi connectivity index (χ2n) is 43.0. The Labute approximate surface area is 886 Å². The third-order valence-corrected chi connectivity index (χ3v) is 38.0. The predicted octanol–water partition coefficient (Wildman–Crippen LogP) is 14.3. The van der Waals surface area contributed by atoms with Crippen molar-refractivity contribution in [2.45, 2.75) is 170 Å². The summed E-state index contributed by atoms with van der Waals surface area (Å²) in [6, 6.07) is 53.3. The number of benzene rings is 7. The van der Waals surface area contributed by atoms with Crippen LogP contribution in [0.3, 0.4) is 0 Å². The smallest absolute Gasteiger partial charge is 0.306 e. The molecule has 22 atom stereocenters. The molecule has 7 aromatic carbocycles. The number of amides is 12. The molecule has 0 aliphatic carbocycles. The molecule has 22 unspecified atom stereocenters.